The van der Waals surface area contributed by atoms with E-state index in [2.05, 4.69) is 19.1 Å². The van der Waals surface area contributed by atoms with E-state index in [1.54, 1.807) is 6.07 Å². The quantitative estimate of drug-likeness (QED) is 0.455. The van der Waals surface area contributed by atoms with Crippen LogP contribution in [0.15, 0.2) is 60.7 Å². The van der Waals surface area contributed by atoms with Gasteiger partial charge in [0.05, 0.1) is 40.9 Å². The first kappa shape index (κ1) is 22.8. The Kier molecular flexibility index (Phi) is 5.17. The highest BCUT2D eigenvalue weighted by Crippen LogP contribution is 2.62. The van der Waals surface area contributed by atoms with E-state index in [9.17, 15) is 14.9 Å². The van der Waals surface area contributed by atoms with Gasteiger partial charge in [0.2, 0.25) is 11.8 Å². The molecule has 6 rings (SSSR count). The monoisotopic (exact) mass is 480 g/mol. The zero-order valence-corrected chi connectivity index (χ0v) is 20.5. The molecule has 182 valence electrons. The summed E-state index contributed by atoms with van der Waals surface area (Å²) in [6.45, 7) is 4.45. The maximum absolute atomic E-state index is 13.9. The molecule has 2 amide bonds. The number of carbonyl (C=O) groups excluding carboxylic acids is 2. The fourth-order valence-corrected chi connectivity index (χ4v) is 6.61. The predicted octanol–water partition coefficient (Wildman–Crippen LogP) is 5.17. The molecule has 3 heterocycles. The van der Waals surface area contributed by atoms with E-state index in [4.69, 9.17) is 9.47 Å². The van der Waals surface area contributed by atoms with Crippen molar-refractivity contribution in [1.29, 1.82) is 5.26 Å². The van der Waals surface area contributed by atoms with Gasteiger partial charge in [-0.1, -0.05) is 49.4 Å². The average Bonchev–Trinajstić information content (AvgIpc) is 3.47. The van der Waals surface area contributed by atoms with E-state index in [-0.39, 0.29) is 11.8 Å². The van der Waals surface area contributed by atoms with Crippen LogP contribution in [0, 0.1) is 23.2 Å². The molecule has 3 aliphatic rings. The van der Waals surface area contributed by atoms with Gasteiger partial charge >= 0.3 is 0 Å². The summed E-state index contributed by atoms with van der Waals surface area (Å²) in [6.07, 6.45) is 2.88. The van der Waals surface area contributed by atoms with E-state index >= 15 is 0 Å². The molecule has 0 N–H and O–H groups in total. The van der Waals surface area contributed by atoms with Crippen LogP contribution in [-0.4, -0.2) is 29.6 Å². The second kappa shape index (κ2) is 8.18. The Morgan fingerprint density at radius 1 is 1.06 bits per heavy atom. The van der Waals surface area contributed by atoms with Crippen molar-refractivity contribution in [3.8, 4) is 11.8 Å². The molecule has 3 aromatic carbocycles. The zero-order valence-electron chi connectivity index (χ0n) is 20.5. The van der Waals surface area contributed by atoms with Crippen LogP contribution in [0.4, 0.5) is 5.69 Å². The lowest BCUT2D eigenvalue weighted by atomic mass is 9.67. The summed E-state index contributed by atoms with van der Waals surface area (Å²) in [5.41, 5.74) is 0.477. The minimum atomic E-state index is -0.743. The first-order chi connectivity index (χ1) is 17.4. The van der Waals surface area contributed by atoms with Crippen LogP contribution in [0.1, 0.15) is 44.2 Å². The van der Waals surface area contributed by atoms with Crippen LogP contribution >= 0.6 is 0 Å². The summed E-state index contributed by atoms with van der Waals surface area (Å²) < 4.78 is 12.6. The highest BCUT2D eigenvalue weighted by atomic mass is 16.5. The standard InChI is InChI=1S/C30H28N2O4/c1-3-19-7-6-9-21(17-19)35-16-15-30-14-13-29(2,36-30)25-26(30)28(34)32(27(25)33)24-12-11-20-8-4-5-10-22(20)23(24)18-31/h4-12,17,25-26H,3,13-16H2,1-2H3. The highest BCUT2D eigenvalue weighted by Gasteiger charge is 2.74. The molecule has 2 bridgehead atoms. The first-order valence-electron chi connectivity index (χ1n) is 12.6. The Morgan fingerprint density at radius 2 is 1.86 bits per heavy atom. The number of hydrogen-bond donors (Lipinski definition) is 0. The molecule has 3 fully saturated rings. The smallest absolute Gasteiger partial charge is 0.240 e. The third-order valence-electron chi connectivity index (χ3n) is 8.37. The number of carbonyl (C=O) groups is 2. The molecule has 4 unspecified atom stereocenters. The Balaban J connectivity index is 1.32. The molecule has 0 radical (unpaired) electrons. The molecule has 6 heteroatoms. The number of fused-ring (bicyclic) bond motifs is 6. The number of rotatable bonds is 6. The Morgan fingerprint density at radius 3 is 2.67 bits per heavy atom. The molecule has 0 aliphatic carbocycles. The number of imide groups is 1. The lowest BCUT2D eigenvalue weighted by Crippen LogP contribution is -2.43. The van der Waals surface area contributed by atoms with Crippen LogP contribution in [0.3, 0.4) is 0 Å². The topological polar surface area (TPSA) is 79.6 Å². The second-order valence-electron chi connectivity index (χ2n) is 10.3. The van der Waals surface area contributed by atoms with E-state index < -0.39 is 23.0 Å². The van der Waals surface area contributed by atoms with Gasteiger partial charge in [0, 0.05) is 11.8 Å². The van der Waals surface area contributed by atoms with Crippen molar-refractivity contribution in [3.05, 3.63) is 71.8 Å². The van der Waals surface area contributed by atoms with E-state index in [0.717, 1.165) is 29.4 Å². The Bertz CT molecular complexity index is 1440. The summed E-state index contributed by atoms with van der Waals surface area (Å²) in [5.74, 6) is -0.871. The van der Waals surface area contributed by atoms with E-state index in [1.165, 1.54) is 10.5 Å². The molecule has 3 saturated heterocycles. The summed E-state index contributed by atoms with van der Waals surface area (Å²) in [5, 5.41) is 11.6. The van der Waals surface area contributed by atoms with Crippen molar-refractivity contribution in [2.75, 3.05) is 11.5 Å². The lowest BCUT2D eigenvalue weighted by Gasteiger charge is -2.31. The molecule has 0 spiro atoms. The molecular formula is C30H28N2O4. The van der Waals surface area contributed by atoms with Crippen molar-refractivity contribution in [2.24, 2.45) is 11.8 Å². The number of nitrogens with zero attached hydrogens (tertiary/aromatic N) is 2. The minimum absolute atomic E-state index is 0.266. The van der Waals surface area contributed by atoms with Gasteiger partial charge in [0.15, 0.2) is 0 Å². The fraction of sp³-hybridized carbons (Fsp3) is 0.367. The van der Waals surface area contributed by atoms with Crippen molar-refractivity contribution in [2.45, 2.75) is 50.7 Å². The number of aryl methyl sites for hydroxylation is 1. The van der Waals surface area contributed by atoms with Gasteiger partial charge in [-0.25, -0.2) is 4.90 Å². The minimum Gasteiger partial charge on any atom is -0.493 e. The summed E-state index contributed by atoms with van der Waals surface area (Å²) in [7, 11) is 0. The number of benzene rings is 3. The van der Waals surface area contributed by atoms with Gasteiger partial charge in [-0.3, -0.25) is 9.59 Å². The van der Waals surface area contributed by atoms with Crippen molar-refractivity contribution in [1.82, 2.24) is 0 Å². The lowest BCUT2D eigenvalue weighted by molar-refractivity contribution is -0.131. The average molecular weight is 481 g/mol. The maximum Gasteiger partial charge on any atom is 0.240 e. The molecule has 3 aliphatic heterocycles. The van der Waals surface area contributed by atoms with Gasteiger partial charge < -0.3 is 9.47 Å². The van der Waals surface area contributed by atoms with Gasteiger partial charge in [-0.05, 0) is 55.3 Å². The summed E-state index contributed by atoms with van der Waals surface area (Å²) in [6, 6.07) is 21.4. The number of hydrogen-bond acceptors (Lipinski definition) is 5. The molecule has 4 atom stereocenters. The van der Waals surface area contributed by atoms with Gasteiger partial charge in [0.1, 0.15) is 11.8 Å². The molecule has 3 aromatic rings. The number of amides is 2. The van der Waals surface area contributed by atoms with Gasteiger partial charge in [-0.2, -0.15) is 5.26 Å². The van der Waals surface area contributed by atoms with Crippen LogP contribution in [0.5, 0.6) is 5.75 Å². The van der Waals surface area contributed by atoms with Crippen LogP contribution in [0.2, 0.25) is 0 Å². The Labute approximate surface area is 210 Å². The first-order valence-corrected chi connectivity index (χ1v) is 12.6. The zero-order chi connectivity index (χ0) is 25.1. The highest BCUT2D eigenvalue weighted by molar-refractivity contribution is 6.24. The van der Waals surface area contributed by atoms with E-state index in [0.29, 0.717) is 30.7 Å². The largest absolute Gasteiger partial charge is 0.493 e. The molecule has 36 heavy (non-hydrogen) atoms. The van der Waals surface area contributed by atoms with Crippen LogP contribution < -0.4 is 9.64 Å². The fourth-order valence-electron chi connectivity index (χ4n) is 6.61. The normalized spacial score (nSPS) is 28.5. The van der Waals surface area contributed by atoms with Crippen LogP contribution in [-0.2, 0) is 20.7 Å². The van der Waals surface area contributed by atoms with Crippen molar-refractivity contribution >= 4 is 28.3 Å². The number of ether oxygens (including phenoxy) is 2. The number of anilines is 1. The Hall–Kier alpha value is -3.69. The van der Waals surface area contributed by atoms with Gasteiger partial charge in [0.25, 0.3) is 0 Å². The third kappa shape index (κ3) is 3.19. The second-order valence-corrected chi connectivity index (χ2v) is 10.3. The van der Waals surface area contributed by atoms with E-state index in [1.807, 2.05) is 55.5 Å². The molecule has 0 saturated carbocycles. The van der Waals surface area contributed by atoms with Crippen molar-refractivity contribution < 1.29 is 19.1 Å². The summed E-state index contributed by atoms with van der Waals surface area (Å²) in [4.78, 5) is 29.0. The third-order valence-corrected chi connectivity index (χ3v) is 8.37. The van der Waals surface area contributed by atoms with Gasteiger partial charge in [-0.15, -0.1) is 0 Å². The predicted molar refractivity (Wildman–Crippen MR) is 136 cm³/mol. The van der Waals surface area contributed by atoms with Crippen molar-refractivity contribution in [3.63, 3.8) is 0 Å². The molecule has 0 aromatic heterocycles. The van der Waals surface area contributed by atoms with Crippen LogP contribution in [0.25, 0.3) is 10.8 Å². The maximum atomic E-state index is 13.9. The SMILES string of the molecule is CCc1cccc(OCCC23CCC(C)(O2)C2C(=O)N(c4ccc5ccccc5c4C#N)C(=O)C23)c1. The molecular weight excluding hydrogens is 452 g/mol. The molecule has 6 nitrogen and oxygen atoms in total. The number of nitriles is 1. The summed E-state index contributed by atoms with van der Waals surface area (Å²) >= 11 is 0.